The molecule has 2 nitrogen and oxygen atoms in total. The van der Waals surface area contributed by atoms with Crippen molar-refractivity contribution in [3.05, 3.63) is 23.4 Å². The van der Waals surface area contributed by atoms with Crippen LogP contribution in [-0.4, -0.2) is 11.3 Å². The zero-order valence-electron chi connectivity index (χ0n) is 8.62. The van der Waals surface area contributed by atoms with Crippen molar-refractivity contribution in [1.29, 1.82) is 0 Å². The van der Waals surface area contributed by atoms with Crippen LogP contribution in [0.15, 0.2) is 23.4 Å². The third-order valence-corrected chi connectivity index (χ3v) is 2.39. The van der Waals surface area contributed by atoms with Gasteiger partial charge in [-0.2, -0.15) is 12.6 Å². The maximum Gasteiger partial charge on any atom is 0.0253 e. The second-order valence-electron chi connectivity index (χ2n) is 3.25. The number of nitrogens with two attached hydrogens (primary N) is 2. The van der Waals surface area contributed by atoms with Crippen LogP contribution < -0.4 is 11.5 Å². The van der Waals surface area contributed by atoms with E-state index in [-0.39, 0.29) is 11.3 Å². The molecule has 0 rings (SSSR count). The Hall–Kier alpha value is -0.410. The van der Waals surface area contributed by atoms with E-state index in [1.807, 2.05) is 19.9 Å². The fraction of sp³-hybridized carbons (Fsp3) is 0.600. The molecule has 0 aromatic carbocycles. The molecule has 0 aliphatic rings. The van der Waals surface area contributed by atoms with Crippen LogP contribution in [0.5, 0.6) is 0 Å². The summed E-state index contributed by atoms with van der Waals surface area (Å²) in [6.07, 6.45) is 4.55. The number of thiol groups is 1. The molecule has 0 heterocycles. The van der Waals surface area contributed by atoms with Gasteiger partial charge in [-0.1, -0.05) is 18.6 Å². The average molecular weight is 200 g/mol. The highest BCUT2D eigenvalue weighted by molar-refractivity contribution is 7.81. The van der Waals surface area contributed by atoms with Gasteiger partial charge in [-0.25, -0.2) is 0 Å². The summed E-state index contributed by atoms with van der Waals surface area (Å²) >= 11 is 4.31. The van der Waals surface area contributed by atoms with Crippen LogP contribution in [0.4, 0.5) is 0 Å². The predicted molar refractivity (Wildman–Crippen MR) is 62.7 cm³/mol. The van der Waals surface area contributed by atoms with Crippen LogP contribution in [0.1, 0.15) is 27.2 Å². The molecule has 3 heteroatoms. The van der Waals surface area contributed by atoms with E-state index in [4.69, 9.17) is 11.5 Å². The van der Waals surface area contributed by atoms with Crippen molar-refractivity contribution >= 4 is 12.6 Å². The summed E-state index contributed by atoms with van der Waals surface area (Å²) in [6, 6.07) is 0.127. The minimum absolute atomic E-state index is 0.127. The number of rotatable bonds is 4. The monoisotopic (exact) mass is 200 g/mol. The molecule has 13 heavy (non-hydrogen) atoms. The van der Waals surface area contributed by atoms with E-state index in [0.717, 1.165) is 17.6 Å². The molecule has 76 valence electrons. The van der Waals surface area contributed by atoms with E-state index >= 15 is 0 Å². The van der Waals surface area contributed by atoms with Gasteiger partial charge in [0.05, 0.1) is 0 Å². The van der Waals surface area contributed by atoms with Gasteiger partial charge in [0.15, 0.2) is 0 Å². The molecule has 4 N–H and O–H groups in total. The van der Waals surface area contributed by atoms with Gasteiger partial charge in [0, 0.05) is 11.3 Å². The van der Waals surface area contributed by atoms with Crippen molar-refractivity contribution < 1.29 is 0 Å². The molecule has 0 saturated carbocycles. The summed E-state index contributed by atoms with van der Waals surface area (Å²) in [6.45, 7) is 6.08. The maximum absolute atomic E-state index is 5.86. The normalized spacial score (nSPS) is 18.5. The Kier molecular flexibility index (Phi) is 5.91. The van der Waals surface area contributed by atoms with Crippen molar-refractivity contribution in [1.82, 2.24) is 0 Å². The topological polar surface area (TPSA) is 52.0 Å². The lowest BCUT2D eigenvalue weighted by Gasteiger charge is -2.11. The molecule has 0 aliphatic carbocycles. The van der Waals surface area contributed by atoms with Crippen LogP contribution in [-0.2, 0) is 0 Å². The minimum atomic E-state index is 0.127. The number of hydrogen-bond acceptors (Lipinski definition) is 3. The first-order valence-corrected chi connectivity index (χ1v) is 5.08. The zero-order valence-corrected chi connectivity index (χ0v) is 9.51. The Bertz CT molecular complexity index is 207. The summed E-state index contributed by atoms with van der Waals surface area (Å²) in [5, 5.41) is 0.156. The Balaban J connectivity index is 4.52. The van der Waals surface area contributed by atoms with Gasteiger partial charge < -0.3 is 11.5 Å². The van der Waals surface area contributed by atoms with E-state index < -0.39 is 0 Å². The Morgan fingerprint density at radius 3 is 2.38 bits per heavy atom. The molecule has 0 aromatic rings. The van der Waals surface area contributed by atoms with Gasteiger partial charge in [-0.3, -0.25) is 0 Å². The van der Waals surface area contributed by atoms with Gasteiger partial charge in [-0.05, 0) is 32.0 Å². The molecular formula is C10H20N2S. The third kappa shape index (κ3) is 4.39. The fourth-order valence-corrected chi connectivity index (χ4v) is 1.16. The van der Waals surface area contributed by atoms with Crippen LogP contribution in [0.3, 0.4) is 0 Å². The van der Waals surface area contributed by atoms with E-state index in [1.165, 1.54) is 0 Å². The van der Waals surface area contributed by atoms with Crippen molar-refractivity contribution in [3.63, 3.8) is 0 Å². The molecule has 2 unspecified atom stereocenters. The Morgan fingerprint density at radius 1 is 1.54 bits per heavy atom. The molecule has 0 radical (unpaired) electrons. The van der Waals surface area contributed by atoms with E-state index in [2.05, 4.69) is 19.6 Å². The minimum Gasteiger partial charge on any atom is -0.404 e. The van der Waals surface area contributed by atoms with Gasteiger partial charge >= 0.3 is 0 Å². The van der Waals surface area contributed by atoms with Crippen LogP contribution in [0.2, 0.25) is 0 Å². The highest BCUT2D eigenvalue weighted by Gasteiger charge is 2.04. The van der Waals surface area contributed by atoms with Crippen molar-refractivity contribution in [2.24, 2.45) is 11.5 Å². The van der Waals surface area contributed by atoms with Crippen molar-refractivity contribution in [2.45, 2.75) is 38.5 Å². The average Bonchev–Trinajstić information content (AvgIpc) is 2.11. The zero-order chi connectivity index (χ0) is 10.4. The highest BCUT2D eigenvalue weighted by Crippen LogP contribution is 2.13. The summed E-state index contributed by atoms with van der Waals surface area (Å²) < 4.78 is 0. The molecular weight excluding hydrogens is 180 g/mol. The first-order chi connectivity index (χ1) is 6.02. The summed E-state index contributed by atoms with van der Waals surface area (Å²) in [4.78, 5) is 0. The molecule has 0 aromatic heterocycles. The maximum atomic E-state index is 5.86. The highest BCUT2D eigenvalue weighted by atomic mass is 32.1. The Morgan fingerprint density at radius 2 is 2.08 bits per heavy atom. The quantitative estimate of drug-likeness (QED) is 0.479. The van der Waals surface area contributed by atoms with E-state index in [0.29, 0.717) is 0 Å². The van der Waals surface area contributed by atoms with Crippen LogP contribution in [0.25, 0.3) is 0 Å². The van der Waals surface area contributed by atoms with Gasteiger partial charge in [-0.15, -0.1) is 0 Å². The number of hydrogen-bond donors (Lipinski definition) is 3. The van der Waals surface area contributed by atoms with Gasteiger partial charge in [0.2, 0.25) is 0 Å². The van der Waals surface area contributed by atoms with Gasteiger partial charge in [0.25, 0.3) is 0 Å². The lowest BCUT2D eigenvalue weighted by Crippen LogP contribution is -2.20. The molecule has 0 aliphatic heterocycles. The summed E-state index contributed by atoms with van der Waals surface area (Å²) in [5.41, 5.74) is 13.5. The number of allylic oxidation sites excluding steroid dienone is 1. The molecule has 2 atom stereocenters. The third-order valence-electron chi connectivity index (χ3n) is 2.09. The smallest absolute Gasteiger partial charge is 0.0253 e. The van der Waals surface area contributed by atoms with Crippen molar-refractivity contribution in [2.75, 3.05) is 0 Å². The van der Waals surface area contributed by atoms with Crippen LogP contribution >= 0.6 is 12.6 Å². The largest absolute Gasteiger partial charge is 0.404 e. The lowest BCUT2D eigenvalue weighted by atomic mass is 10.0. The second kappa shape index (κ2) is 6.11. The molecule has 0 spiro atoms. The molecule has 0 fully saturated rings. The Labute approximate surface area is 86.5 Å². The first-order valence-electron chi connectivity index (χ1n) is 4.56. The summed E-state index contributed by atoms with van der Waals surface area (Å²) in [7, 11) is 0. The fourth-order valence-electron chi connectivity index (χ4n) is 1.000. The standard InChI is InChI=1S/C10H20N2S/c1-4-10(12)7(2)5-9(6-11)8(3)13/h5-6,8,10,13H,4,11-12H2,1-3H3/b7-5-,9-6+. The lowest BCUT2D eigenvalue weighted by molar-refractivity contribution is 0.738. The SMILES string of the molecule is CCC(N)/C(C)=C\C(=C/N)C(C)S. The second-order valence-corrected chi connectivity index (χ2v) is 4.02. The summed E-state index contributed by atoms with van der Waals surface area (Å²) in [5.74, 6) is 0. The first kappa shape index (κ1) is 12.6. The van der Waals surface area contributed by atoms with Crippen LogP contribution in [0, 0.1) is 0 Å². The van der Waals surface area contributed by atoms with E-state index in [9.17, 15) is 0 Å². The van der Waals surface area contributed by atoms with E-state index in [1.54, 1.807) is 6.20 Å². The molecule has 0 amide bonds. The predicted octanol–water partition coefficient (Wildman–Crippen LogP) is 1.83. The molecule has 0 saturated heterocycles. The van der Waals surface area contributed by atoms with Gasteiger partial charge in [0.1, 0.15) is 0 Å². The van der Waals surface area contributed by atoms with Crippen molar-refractivity contribution in [3.8, 4) is 0 Å². The molecule has 0 bridgehead atoms.